The highest BCUT2D eigenvalue weighted by atomic mass is 79.9. The first-order valence-electron chi connectivity index (χ1n) is 7.81. The Morgan fingerprint density at radius 2 is 1.96 bits per heavy atom. The minimum absolute atomic E-state index is 0.227. The zero-order chi connectivity index (χ0) is 18.0. The van der Waals surface area contributed by atoms with Crippen LogP contribution in [0.5, 0.6) is 0 Å². The number of carbonyl (C=O) groups is 1. The van der Waals surface area contributed by atoms with E-state index in [0.717, 1.165) is 21.3 Å². The molecule has 1 aromatic heterocycles. The number of aromatic nitrogens is 2. The van der Waals surface area contributed by atoms with Gasteiger partial charge < -0.3 is 9.88 Å². The molecule has 0 aliphatic heterocycles. The average Bonchev–Trinajstić information content (AvgIpc) is 2.93. The van der Waals surface area contributed by atoms with Crippen LogP contribution in [0.2, 0.25) is 5.02 Å². The lowest BCUT2D eigenvalue weighted by Gasteiger charge is -2.16. The number of amides is 1. The maximum absolute atomic E-state index is 12.5. The molecule has 0 spiro atoms. The van der Waals surface area contributed by atoms with Crippen molar-refractivity contribution >= 4 is 44.5 Å². The first-order chi connectivity index (χ1) is 12.0. The van der Waals surface area contributed by atoms with Gasteiger partial charge in [-0.15, -0.1) is 0 Å². The van der Waals surface area contributed by atoms with E-state index in [0.29, 0.717) is 17.1 Å². The number of allylic oxidation sites excluding steroid dienone is 1. The van der Waals surface area contributed by atoms with Gasteiger partial charge in [0.25, 0.3) is 5.91 Å². The fourth-order valence-electron chi connectivity index (χ4n) is 2.75. The predicted molar refractivity (Wildman–Crippen MR) is 105 cm³/mol. The van der Waals surface area contributed by atoms with Crippen LogP contribution in [0.1, 0.15) is 29.1 Å². The Morgan fingerprint density at radius 1 is 1.28 bits per heavy atom. The molecular weight excluding hydrogens is 402 g/mol. The SMILES string of the molecule is C=C(Br)Cn1c(C(C)NC(=O)c2ccccc2Cl)nc2ccccc21. The summed E-state index contributed by atoms with van der Waals surface area (Å²) in [5, 5.41) is 3.40. The van der Waals surface area contributed by atoms with E-state index in [1.165, 1.54) is 0 Å². The Morgan fingerprint density at radius 3 is 2.68 bits per heavy atom. The van der Waals surface area contributed by atoms with Gasteiger partial charge in [-0.1, -0.05) is 58.4 Å². The summed E-state index contributed by atoms with van der Waals surface area (Å²) in [5.74, 6) is 0.538. The van der Waals surface area contributed by atoms with Crippen LogP contribution < -0.4 is 5.32 Å². The van der Waals surface area contributed by atoms with Crippen molar-refractivity contribution < 1.29 is 4.79 Å². The van der Waals surface area contributed by atoms with Crippen molar-refractivity contribution in [1.82, 2.24) is 14.9 Å². The third kappa shape index (κ3) is 3.78. The molecule has 4 nitrogen and oxygen atoms in total. The molecule has 1 atom stereocenters. The van der Waals surface area contributed by atoms with E-state index in [9.17, 15) is 4.79 Å². The summed E-state index contributed by atoms with van der Waals surface area (Å²) >= 11 is 9.53. The monoisotopic (exact) mass is 417 g/mol. The molecular formula is C19H17BrClN3O. The molecule has 0 radical (unpaired) electrons. The lowest BCUT2D eigenvalue weighted by atomic mass is 10.2. The Kier molecular flexibility index (Phi) is 5.25. The quantitative estimate of drug-likeness (QED) is 0.627. The number of rotatable bonds is 5. The van der Waals surface area contributed by atoms with E-state index in [1.807, 2.05) is 35.8 Å². The maximum Gasteiger partial charge on any atom is 0.253 e. The van der Waals surface area contributed by atoms with Gasteiger partial charge in [0.2, 0.25) is 0 Å². The molecule has 1 unspecified atom stereocenters. The zero-order valence-corrected chi connectivity index (χ0v) is 16.0. The van der Waals surface area contributed by atoms with Crippen LogP contribution in [-0.2, 0) is 6.54 Å². The molecule has 0 aliphatic rings. The Balaban J connectivity index is 1.94. The molecule has 1 N–H and O–H groups in total. The van der Waals surface area contributed by atoms with Gasteiger partial charge in [-0.25, -0.2) is 4.98 Å². The van der Waals surface area contributed by atoms with Crippen LogP contribution in [0, 0.1) is 0 Å². The molecule has 6 heteroatoms. The summed E-state index contributed by atoms with van der Waals surface area (Å²) < 4.78 is 2.88. The Bertz CT molecular complexity index is 951. The molecule has 25 heavy (non-hydrogen) atoms. The number of carbonyl (C=O) groups excluding carboxylic acids is 1. The van der Waals surface area contributed by atoms with E-state index in [1.54, 1.807) is 24.3 Å². The van der Waals surface area contributed by atoms with Gasteiger partial charge in [0.05, 0.1) is 34.2 Å². The number of hydrogen-bond donors (Lipinski definition) is 1. The smallest absolute Gasteiger partial charge is 0.253 e. The summed E-state index contributed by atoms with van der Waals surface area (Å²) in [7, 11) is 0. The third-order valence-electron chi connectivity index (χ3n) is 3.87. The number of para-hydroxylation sites is 2. The summed E-state index contributed by atoms with van der Waals surface area (Å²) in [4.78, 5) is 17.2. The van der Waals surface area contributed by atoms with Crippen molar-refractivity contribution in [1.29, 1.82) is 0 Å². The number of nitrogens with zero attached hydrogens (tertiary/aromatic N) is 2. The fourth-order valence-corrected chi connectivity index (χ4v) is 3.22. The van der Waals surface area contributed by atoms with Crippen molar-refractivity contribution in [2.45, 2.75) is 19.5 Å². The van der Waals surface area contributed by atoms with Crippen molar-refractivity contribution in [2.75, 3.05) is 0 Å². The molecule has 1 heterocycles. The number of benzene rings is 2. The minimum atomic E-state index is -0.289. The number of imidazole rings is 1. The van der Waals surface area contributed by atoms with E-state index in [4.69, 9.17) is 11.6 Å². The van der Waals surface area contributed by atoms with Gasteiger partial charge in [-0.2, -0.15) is 0 Å². The summed E-state index contributed by atoms with van der Waals surface area (Å²) in [5.41, 5.74) is 2.32. The second-order valence-corrected chi connectivity index (χ2v) is 7.27. The van der Waals surface area contributed by atoms with Crippen LogP contribution >= 0.6 is 27.5 Å². The average molecular weight is 419 g/mol. The number of fused-ring (bicyclic) bond motifs is 1. The van der Waals surface area contributed by atoms with E-state index < -0.39 is 0 Å². The standard InChI is InChI=1S/C19H17BrClN3O/c1-12(20)11-24-17-10-6-5-9-16(17)23-18(24)13(2)22-19(25)14-7-3-4-8-15(14)21/h3-10,13H,1,11H2,2H3,(H,22,25). The van der Waals surface area contributed by atoms with Crippen LogP contribution in [0.15, 0.2) is 59.6 Å². The second-order valence-electron chi connectivity index (χ2n) is 5.74. The molecule has 0 saturated heterocycles. The molecule has 0 saturated carbocycles. The highest BCUT2D eigenvalue weighted by Gasteiger charge is 2.20. The topological polar surface area (TPSA) is 46.9 Å². The highest BCUT2D eigenvalue weighted by molar-refractivity contribution is 9.11. The molecule has 128 valence electrons. The van der Waals surface area contributed by atoms with Crippen molar-refractivity contribution in [3.05, 3.63) is 76.0 Å². The van der Waals surface area contributed by atoms with Crippen LogP contribution in [0.4, 0.5) is 0 Å². The first kappa shape index (κ1) is 17.7. The Labute approximate surface area is 159 Å². The van der Waals surface area contributed by atoms with Gasteiger partial charge in [-0.05, 0) is 31.2 Å². The van der Waals surface area contributed by atoms with Crippen LogP contribution in [0.25, 0.3) is 11.0 Å². The molecule has 0 fully saturated rings. The maximum atomic E-state index is 12.5. The van der Waals surface area contributed by atoms with Crippen LogP contribution in [0.3, 0.4) is 0 Å². The zero-order valence-electron chi connectivity index (χ0n) is 13.7. The minimum Gasteiger partial charge on any atom is -0.342 e. The van der Waals surface area contributed by atoms with Gasteiger partial charge >= 0.3 is 0 Å². The molecule has 0 bridgehead atoms. The van der Waals surface area contributed by atoms with Gasteiger partial charge in [-0.3, -0.25) is 4.79 Å². The van der Waals surface area contributed by atoms with Crippen molar-refractivity contribution in [3.63, 3.8) is 0 Å². The van der Waals surface area contributed by atoms with E-state index in [2.05, 4.69) is 32.8 Å². The first-order valence-corrected chi connectivity index (χ1v) is 8.98. The normalized spacial score (nSPS) is 12.1. The molecule has 3 rings (SSSR count). The third-order valence-corrected chi connectivity index (χ3v) is 4.45. The molecule has 1 amide bonds. The number of hydrogen-bond acceptors (Lipinski definition) is 2. The van der Waals surface area contributed by atoms with Gasteiger partial charge in [0.1, 0.15) is 5.82 Å². The highest BCUT2D eigenvalue weighted by Crippen LogP contribution is 2.24. The van der Waals surface area contributed by atoms with Crippen molar-refractivity contribution in [3.8, 4) is 0 Å². The van der Waals surface area contributed by atoms with Crippen molar-refractivity contribution in [2.24, 2.45) is 0 Å². The van der Waals surface area contributed by atoms with E-state index in [-0.39, 0.29) is 11.9 Å². The molecule has 0 aliphatic carbocycles. The number of nitrogens with one attached hydrogen (secondary N) is 1. The number of halogens is 2. The van der Waals surface area contributed by atoms with Crippen LogP contribution in [-0.4, -0.2) is 15.5 Å². The summed E-state index contributed by atoms with van der Waals surface area (Å²) in [6, 6.07) is 14.6. The molecule has 3 aromatic rings. The Hall–Kier alpha value is -2.11. The lowest BCUT2D eigenvalue weighted by Crippen LogP contribution is -2.29. The second kappa shape index (κ2) is 7.42. The van der Waals surface area contributed by atoms with Gasteiger partial charge in [0.15, 0.2) is 0 Å². The summed E-state index contributed by atoms with van der Waals surface area (Å²) in [6.45, 7) is 6.40. The largest absolute Gasteiger partial charge is 0.342 e. The lowest BCUT2D eigenvalue weighted by molar-refractivity contribution is 0.0938. The predicted octanol–water partition coefficient (Wildman–Crippen LogP) is 5.09. The van der Waals surface area contributed by atoms with Gasteiger partial charge in [0, 0.05) is 4.48 Å². The summed E-state index contributed by atoms with van der Waals surface area (Å²) in [6.07, 6.45) is 0. The fraction of sp³-hybridized carbons (Fsp3) is 0.158. The molecule has 2 aromatic carbocycles. The van der Waals surface area contributed by atoms with E-state index >= 15 is 0 Å².